The van der Waals surface area contributed by atoms with Crippen molar-refractivity contribution in [3.63, 3.8) is 0 Å². The van der Waals surface area contributed by atoms with Gasteiger partial charge in [-0.05, 0) is 37.6 Å². The first-order valence-electron chi connectivity index (χ1n) is 5.64. The number of likely N-dealkylation sites (N-methyl/N-ethyl adjacent to an activating group) is 1. The van der Waals surface area contributed by atoms with E-state index in [1.807, 2.05) is 6.92 Å². The van der Waals surface area contributed by atoms with Crippen molar-refractivity contribution in [3.05, 3.63) is 23.8 Å². The molecule has 0 aliphatic heterocycles. The summed E-state index contributed by atoms with van der Waals surface area (Å²) in [5.74, 6) is 0. The summed E-state index contributed by atoms with van der Waals surface area (Å²) in [5, 5.41) is 0. The molecule has 0 saturated heterocycles. The van der Waals surface area contributed by atoms with Gasteiger partial charge in [0.15, 0.2) is 0 Å². The largest absolute Gasteiger partial charge is 0.399 e. The number of sulfonamides is 1. The first-order valence-corrected chi connectivity index (χ1v) is 7.08. The van der Waals surface area contributed by atoms with E-state index in [9.17, 15) is 8.42 Å². The minimum absolute atomic E-state index is 0.153. The Morgan fingerprint density at radius 3 is 2.56 bits per heavy atom. The minimum atomic E-state index is -3.49. The fraction of sp³-hybridized carbons (Fsp3) is 0.500. The summed E-state index contributed by atoms with van der Waals surface area (Å²) in [5.41, 5.74) is 7.02. The third-order valence-corrected chi connectivity index (χ3v) is 4.69. The Bertz CT molecular complexity index is 514. The van der Waals surface area contributed by atoms with Crippen LogP contribution < -0.4 is 5.73 Å². The second-order valence-corrected chi connectivity index (χ2v) is 6.40. The van der Waals surface area contributed by atoms with E-state index in [1.165, 1.54) is 17.4 Å². The van der Waals surface area contributed by atoms with E-state index in [0.29, 0.717) is 12.2 Å². The first-order chi connectivity index (χ1) is 8.28. The second kappa shape index (κ2) is 5.69. The van der Waals surface area contributed by atoms with E-state index in [-0.39, 0.29) is 11.0 Å². The van der Waals surface area contributed by atoms with E-state index in [2.05, 4.69) is 0 Å². The van der Waals surface area contributed by atoms with Crippen LogP contribution in [0.2, 0.25) is 0 Å². The maximum absolute atomic E-state index is 12.3. The number of nitrogen functional groups attached to an aromatic ring is 1. The SMILES string of the molecule is COC(C)CN(C)S(=O)(=O)c1ccc(N)c(C)c1. The molecule has 0 radical (unpaired) electrons. The van der Waals surface area contributed by atoms with Crippen molar-refractivity contribution in [2.45, 2.75) is 24.8 Å². The predicted octanol–water partition coefficient (Wildman–Crippen LogP) is 1.23. The highest BCUT2D eigenvalue weighted by molar-refractivity contribution is 7.89. The molecule has 5 nitrogen and oxygen atoms in total. The van der Waals surface area contributed by atoms with E-state index in [0.717, 1.165) is 5.56 Å². The van der Waals surface area contributed by atoms with Crippen LogP contribution in [0.15, 0.2) is 23.1 Å². The Morgan fingerprint density at radius 2 is 2.06 bits per heavy atom. The number of ether oxygens (including phenoxy) is 1. The lowest BCUT2D eigenvalue weighted by molar-refractivity contribution is 0.104. The third kappa shape index (κ3) is 3.22. The number of nitrogens with two attached hydrogens (primary N) is 1. The Morgan fingerprint density at radius 1 is 1.44 bits per heavy atom. The van der Waals surface area contributed by atoms with Crippen LogP contribution in [0, 0.1) is 6.92 Å². The highest BCUT2D eigenvalue weighted by Gasteiger charge is 2.22. The Balaban J connectivity index is 3.02. The molecule has 18 heavy (non-hydrogen) atoms. The van der Waals surface area contributed by atoms with Crippen LogP contribution >= 0.6 is 0 Å². The number of hydrogen-bond donors (Lipinski definition) is 1. The monoisotopic (exact) mass is 272 g/mol. The van der Waals surface area contributed by atoms with Gasteiger partial charge < -0.3 is 10.5 Å². The standard InChI is InChI=1S/C12H20N2O3S/c1-9-7-11(5-6-12(9)13)18(15,16)14(3)8-10(2)17-4/h5-7,10H,8,13H2,1-4H3. The van der Waals surface area contributed by atoms with Crippen LogP contribution in [0.1, 0.15) is 12.5 Å². The second-order valence-electron chi connectivity index (χ2n) is 4.35. The molecule has 102 valence electrons. The van der Waals surface area contributed by atoms with Gasteiger partial charge in [0.05, 0.1) is 11.0 Å². The Kier molecular flexibility index (Phi) is 4.72. The topological polar surface area (TPSA) is 72.6 Å². The van der Waals surface area contributed by atoms with E-state index >= 15 is 0 Å². The van der Waals surface area contributed by atoms with Gasteiger partial charge >= 0.3 is 0 Å². The van der Waals surface area contributed by atoms with E-state index in [4.69, 9.17) is 10.5 Å². The highest BCUT2D eigenvalue weighted by atomic mass is 32.2. The lowest BCUT2D eigenvalue weighted by atomic mass is 10.2. The first kappa shape index (κ1) is 14.9. The molecule has 0 heterocycles. The molecule has 0 aliphatic carbocycles. The minimum Gasteiger partial charge on any atom is -0.399 e. The van der Waals surface area contributed by atoms with E-state index < -0.39 is 10.0 Å². The van der Waals surface area contributed by atoms with Crippen molar-refractivity contribution in [1.82, 2.24) is 4.31 Å². The van der Waals surface area contributed by atoms with Crippen molar-refractivity contribution in [2.75, 3.05) is 26.4 Å². The third-order valence-electron chi connectivity index (χ3n) is 2.87. The van der Waals surface area contributed by atoms with E-state index in [1.54, 1.807) is 26.2 Å². The number of hydrogen-bond acceptors (Lipinski definition) is 4. The molecule has 0 fully saturated rings. The molecule has 0 saturated carbocycles. The molecule has 1 aromatic rings. The van der Waals surface area contributed by atoms with Crippen molar-refractivity contribution >= 4 is 15.7 Å². The van der Waals surface area contributed by atoms with Gasteiger partial charge in [0.2, 0.25) is 10.0 Å². The Labute approximate surface area is 109 Å². The maximum Gasteiger partial charge on any atom is 0.242 e. The van der Waals surface area contributed by atoms with Crippen molar-refractivity contribution in [3.8, 4) is 0 Å². The van der Waals surface area contributed by atoms with Gasteiger partial charge in [0.25, 0.3) is 0 Å². The normalized spacial score (nSPS) is 13.8. The summed E-state index contributed by atoms with van der Waals surface area (Å²) in [6, 6.07) is 4.71. The van der Waals surface area contributed by atoms with Crippen LogP contribution in [0.4, 0.5) is 5.69 Å². The lowest BCUT2D eigenvalue weighted by Crippen LogP contribution is -2.33. The van der Waals surface area contributed by atoms with Crippen LogP contribution in [0.3, 0.4) is 0 Å². The molecule has 1 atom stereocenters. The number of nitrogens with zero attached hydrogens (tertiary/aromatic N) is 1. The van der Waals surface area contributed by atoms with Gasteiger partial charge in [-0.25, -0.2) is 8.42 Å². The lowest BCUT2D eigenvalue weighted by Gasteiger charge is -2.20. The summed E-state index contributed by atoms with van der Waals surface area (Å²) >= 11 is 0. The van der Waals surface area contributed by atoms with Gasteiger partial charge in [-0.3, -0.25) is 0 Å². The highest BCUT2D eigenvalue weighted by Crippen LogP contribution is 2.19. The van der Waals surface area contributed by atoms with Gasteiger partial charge in [-0.15, -0.1) is 0 Å². The molecule has 1 rings (SSSR count). The summed E-state index contributed by atoms with van der Waals surface area (Å²) < 4.78 is 30.9. The maximum atomic E-state index is 12.3. The number of rotatable bonds is 5. The van der Waals surface area contributed by atoms with Gasteiger partial charge in [-0.2, -0.15) is 4.31 Å². The van der Waals surface area contributed by atoms with Crippen molar-refractivity contribution < 1.29 is 13.2 Å². The smallest absolute Gasteiger partial charge is 0.242 e. The number of benzene rings is 1. The molecule has 0 spiro atoms. The summed E-state index contributed by atoms with van der Waals surface area (Å²) in [6.07, 6.45) is -0.153. The van der Waals surface area contributed by atoms with Gasteiger partial charge in [0.1, 0.15) is 0 Å². The molecule has 2 N–H and O–H groups in total. The molecule has 0 amide bonds. The van der Waals surface area contributed by atoms with Crippen LogP contribution in [0.5, 0.6) is 0 Å². The van der Waals surface area contributed by atoms with Crippen molar-refractivity contribution in [1.29, 1.82) is 0 Å². The van der Waals surface area contributed by atoms with Crippen molar-refractivity contribution in [2.24, 2.45) is 0 Å². The average molecular weight is 272 g/mol. The molecular formula is C12H20N2O3S. The zero-order valence-corrected chi connectivity index (χ0v) is 12.0. The number of anilines is 1. The summed E-state index contributed by atoms with van der Waals surface area (Å²) in [7, 11) is -0.393. The molecule has 0 bridgehead atoms. The molecule has 6 heteroatoms. The molecular weight excluding hydrogens is 252 g/mol. The quantitative estimate of drug-likeness (QED) is 0.818. The van der Waals surface area contributed by atoms with Crippen LogP contribution in [-0.4, -0.2) is 39.5 Å². The number of aryl methyl sites for hydroxylation is 1. The molecule has 1 aromatic carbocycles. The fourth-order valence-corrected chi connectivity index (χ4v) is 2.86. The van der Waals surface area contributed by atoms with Crippen LogP contribution in [-0.2, 0) is 14.8 Å². The zero-order chi connectivity index (χ0) is 13.9. The number of methoxy groups -OCH3 is 1. The summed E-state index contributed by atoms with van der Waals surface area (Å²) in [4.78, 5) is 0.250. The van der Waals surface area contributed by atoms with Gasteiger partial charge in [0, 0.05) is 26.4 Å². The average Bonchev–Trinajstić information content (AvgIpc) is 2.32. The van der Waals surface area contributed by atoms with Gasteiger partial charge in [-0.1, -0.05) is 0 Å². The Hall–Kier alpha value is -1.11. The summed E-state index contributed by atoms with van der Waals surface area (Å²) in [6.45, 7) is 3.91. The molecule has 0 aromatic heterocycles. The zero-order valence-electron chi connectivity index (χ0n) is 11.2. The van der Waals surface area contributed by atoms with Crippen LogP contribution in [0.25, 0.3) is 0 Å². The fourth-order valence-electron chi connectivity index (χ4n) is 1.52. The molecule has 1 unspecified atom stereocenters. The molecule has 0 aliphatic rings. The predicted molar refractivity (Wildman–Crippen MR) is 71.9 cm³/mol.